The molecule has 1 aromatic carbocycles. The molecule has 21 heavy (non-hydrogen) atoms. The highest BCUT2D eigenvalue weighted by Crippen LogP contribution is 2.32. The lowest BCUT2D eigenvalue weighted by Gasteiger charge is -2.27. The highest BCUT2D eigenvalue weighted by atomic mass is 16.1. The Morgan fingerprint density at radius 3 is 3.00 bits per heavy atom. The molecule has 0 spiro atoms. The molecule has 1 heterocycles. The highest BCUT2D eigenvalue weighted by molar-refractivity contribution is 5.61. The molecule has 0 amide bonds. The lowest BCUT2D eigenvalue weighted by molar-refractivity contribution is 0.586. The van der Waals surface area contributed by atoms with Gasteiger partial charge in [-0.1, -0.05) is 12.1 Å². The smallest absolute Gasteiger partial charge is 0.248 e. The summed E-state index contributed by atoms with van der Waals surface area (Å²) in [4.78, 5) is 14.4. The van der Waals surface area contributed by atoms with Crippen LogP contribution in [0.4, 0.5) is 5.69 Å². The number of rotatable bonds is 2. The molecular formula is C17H17N3O. The first kappa shape index (κ1) is 13.4. The Balaban J connectivity index is 1.96. The first-order valence-electron chi connectivity index (χ1n) is 7.17. The molecule has 2 aromatic rings. The number of benzene rings is 1. The predicted octanol–water partition coefficient (Wildman–Crippen LogP) is 3.04. The molecule has 0 aliphatic heterocycles. The second-order valence-corrected chi connectivity index (χ2v) is 5.45. The van der Waals surface area contributed by atoms with Gasteiger partial charge in [-0.15, -0.1) is 0 Å². The van der Waals surface area contributed by atoms with E-state index in [0.717, 1.165) is 41.8 Å². The number of pyridine rings is 1. The first-order valence-corrected chi connectivity index (χ1v) is 7.17. The molecular weight excluding hydrogens is 262 g/mol. The molecule has 4 nitrogen and oxygen atoms in total. The normalized spacial score (nSPS) is 16.9. The molecule has 0 saturated heterocycles. The van der Waals surface area contributed by atoms with Gasteiger partial charge in [-0.25, -0.2) is 0 Å². The van der Waals surface area contributed by atoms with Crippen LogP contribution in [-0.4, -0.2) is 4.98 Å². The second kappa shape index (κ2) is 5.45. The van der Waals surface area contributed by atoms with Crippen molar-refractivity contribution >= 4 is 5.69 Å². The summed E-state index contributed by atoms with van der Waals surface area (Å²) in [5.41, 5.74) is 4.61. The van der Waals surface area contributed by atoms with Crippen molar-refractivity contribution in [2.45, 2.75) is 32.2 Å². The minimum absolute atomic E-state index is 0.0531. The Labute approximate surface area is 123 Å². The minimum atomic E-state index is -0.0531. The van der Waals surface area contributed by atoms with Crippen LogP contribution < -0.4 is 10.9 Å². The van der Waals surface area contributed by atoms with E-state index in [0.29, 0.717) is 5.56 Å². The number of fused-ring (bicyclic) bond motifs is 1. The van der Waals surface area contributed by atoms with Crippen molar-refractivity contribution in [2.24, 2.45) is 0 Å². The van der Waals surface area contributed by atoms with Crippen LogP contribution in [-0.2, 0) is 6.42 Å². The van der Waals surface area contributed by atoms with E-state index in [4.69, 9.17) is 0 Å². The van der Waals surface area contributed by atoms with Crippen LogP contribution >= 0.6 is 0 Å². The molecule has 1 atom stereocenters. The van der Waals surface area contributed by atoms with E-state index in [2.05, 4.69) is 16.4 Å². The molecule has 1 aliphatic carbocycles. The summed E-state index contributed by atoms with van der Waals surface area (Å²) in [6, 6.07) is 11.7. The van der Waals surface area contributed by atoms with Crippen LogP contribution in [0.1, 0.15) is 41.3 Å². The van der Waals surface area contributed by atoms with Gasteiger partial charge in [-0.3, -0.25) is 4.79 Å². The van der Waals surface area contributed by atoms with Gasteiger partial charge in [0.05, 0.1) is 17.3 Å². The topological polar surface area (TPSA) is 68.7 Å². The van der Waals surface area contributed by atoms with Crippen molar-refractivity contribution < 1.29 is 0 Å². The van der Waals surface area contributed by atoms with E-state index in [1.165, 1.54) is 0 Å². The van der Waals surface area contributed by atoms with Crippen LogP contribution in [0.2, 0.25) is 0 Å². The third kappa shape index (κ3) is 2.55. The second-order valence-electron chi connectivity index (χ2n) is 5.45. The number of hydrogen-bond acceptors (Lipinski definition) is 3. The molecule has 4 heteroatoms. The summed E-state index contributed by atoms with van der Waals surface area (Å²) in [6.07, 6.45) is 2.93. The fraction of sp³-hybridized carbons (Fsp3) is 0.294. The Kier molecular flexibility index (Phi) is 3.49. The average molecular weight is 279 g/mol. The van der Waals surface area contributed by atoms with Gasteiger partial charge in [0.15, 0.2) is 0 Å². The maximum atomic E-state index is 11.4. The molecule has 0 fully saturated rings. The monoisotopic (exact) mass is 279 g/mol. The van der Waals surface area contributed by atoms with Gasteiger partial charge in [0, 0.05) is 11.8 Å². The molecule has 1 aromatic heterocycles. The van der Waals surface area contributed by atoms with Gasteiger partial charge in [-0.2, -0.15) is 5.26 Å². The molecule has 106 valence electrons. The number of aromatic amines is 1. The summed E-state index contributed by atoms with van der Waals surface area (Å²) >= 11 is 0. The maximum absolute atomic E-state index is 11.4. The molecule has 3 rings (SSSR count). The van der Waals surface area contributed by atoms with Crippen LogP contribution in [0.5, 0.6) is 0 Å². The first-order chi connectivity index (χ1) is 10.2. The molecule has 0 bridgehead atoms. The third-order valence-electron chi connectivity index (χ3n) is 4.05. The number of H-pyrrole nitrogens is 1. The van der Waals surface area contributed by atoms with Crippen molar-refractivity contribution in [2.75, 3.05) is 5.32 Å². The van der Waals surface area contributed by atoms with Gasteiger partial charge >= 0.3 is 0 Å². The molecule has 0 radical (unpaired) electrons. The molecule has 2 N–H and O–H groups in total. The van der Waals surface area contributed by atoms with E-state index in [1.807, 2.05) is 31.2 Å². The van der Waals surface area contributed by atoms with Crippen molar-refractivity contribution in [1.82, 2.24) is 4.98 Å². The molecule has 1 unspecified atom stereocenters. The Morgan fingerprint density at radius 1 is 1.33 bits per heavy atom. The summed E-state index contributed by atoms with van der Waals surface area (Å²) < 4.78 is 0. The average Bonchev–Trinajstić information content (AvgIpc) is 2.47. The number of nitrogens with one attached hydrogen (secondary N) is 2. The van der Waals surface area contributed by atoms with Crippen molar-refractivity contribution in [3.8, 4) is 6.07 Å². The number of hydrogen-bond donors (Lipinski definition) is 2. The van der Waals surface area contributed by atoms with E-state index >= 15 is 0 Å². The zero-order valence-corrected chi connectivity index (χ0v) is 11.9. The number of nitrogens with zero attached hydrogens (tertiary/aromatic N) is 1. The number of aryl methyl sites for hydroxylation is 2. The van der Waals surface area contributed by atoms with E-state index < -0.39 is 0 Å². The SMILES string of the molecule is Cc1cccc(NC2CCCc3[nH]c(=O)ccc32)c1C#N. The summed E-state index contributed by atoms with van der Waals surface area (Å²) in [7, 11) is 0. The molecule has 1 aliphatic rings. The Hall–Kier alpha value is -2.54. The van der Waals surface area contributed by atoms with Gasteiger partial charge in [0.2, 0.25) is 5.56 Å². The Bertz CT molecular complexity index is 770. The summed E-state index contributed by atoms with van der Waals surface area (Å²) in [5, 5.41) is 12.8. The fourth-order valence-corrected chi connectivity index (χ4v) is 2.97. The van der Waals surface area contributed by atoms with Crippen LogP contribution in [0.15, 0.2) is 35.1 Å². The van der Waals surface area contributed by atoms with Crippen molar-refractivity contribution in [1.29, 1.82) is 5.26 Å². The van der Waals surface area contributed by atoms with Crippen LogP contribution in [0, 0.1) is 18.3 Å². The number of aromatic nitrogens is 1. The van der Waals surface area contributed by atoms with Crippen LogP contribution in [0.25, 0.3) is 0 Å². The fourth-order valence-electron chi connectivity index (χ4n) is 2.97. The van der Waals surface area contributed by atoms with Gasteiger partial charge in [-0.05, 0) is 49.4 Å². The van der Waals surface area contributed by atoms with Crippen molar-refractivity contribution in [3.05, 3.63) is 63.1 Å². The van der Waals surface area contributed by atoms with E-state index in [-0.39, 0.29) is 11.6 Å². The Morgan fingerprint density at radius 2 is 2.19 bits per heavy atom. The molecule has 0 saturated carbocycles. The van der Waals surface area contributed by atoms with E-state index in [1.54, 1.807) is 6.07 Å². The number of nitriles is 1. The van der Waals surface area contributed by atoms with Gasteiger partial charge < -0.3 is 10.3 Å². The number of anilines is 1. The maximum Gasteiger partial charge on any atom is 0.248 e. The van der Waals surface area contributed by atoms with Crippen molar-refractivity contribution in [3.63, 3.8) is 0 Å². The predicted molar refractivity (Wildman–Crippen MR) is 82.3 cm³/mol. The zero-order chi connectivity index (χ0) is 14.8. The van der Waals surface area contributed by atoms with Gasteiger partial charge in [0.25, 0.3) is 0 Å². The van der Waals surface area contributed by atoms with E-state index in [9.17, 15) is 10.1 Å². The largest absolute Gasteiger partial charge is 0.377 e. The summed E-state index contributed by atoms with van der Waals surface area (Å²) in [6.45, 7) is 1.94. The third-order valence-corrected chi connectivity index (χ3v) is 4.05. The van der Waals surface area contributed by atoms with Crippen LogP contribution in [0.3, 0.4) is 0 Å². The lowest BCUT2D eigenvalue weighted by atomic mass is 9.91. The standard InChI is InChI=1S/C17H17N3O/c1-11-4-2-5-16(13(11)10-18)19-14-6-3-7-15-12(14)8-9-17(21)20-15/h2,4-5,8-9,14,19H,3,6-7H2,1H3,(H,20,21). The lowest BCUT2D eigenvalue weighted by Crippen LogP contribution is -2.22. The highest BCUT2D eigenvalue weighted by Gasteiger charge is 2.21. The summed E-state index contributed by atoms with van der Waals surface area (Å²) in [5.74, 6) is 0. The minimum Gasteiger partial charge on any atom is -0.377 e. The quantitative estimate of drug-likeness (QED) is 0.887. The zero-order valence-electron chi connectivity index (χ0n) is 11.9. The van der Waals surface area contributed by atoms with Gasteiger partial charge in [0.1, 0.15) is 6.07 Å².